The Morgan fingerprint density at radius 2 is 2.26 bits per heavy atom. The largest absolute Gasteiger partial charge is 0.491 e. The van der Waals surface area contributed by atoms with Crippen molar-refractivity contribution in [2.45, 2.75) is 18.9 Å². The smallest absolute Gasteiger partial charge is 0.137 e. The van der Waals surface area contributed by atoms with Gasteiger partial charge in [-0.3, -0.25) is 0 Å². The number of hydrogen-bond acceptors (Lipinski definition) is 4. The normalized spacial score (nSPS) is 17.5. The van der Waals surface area contributed by atoms with Crippen molar-refractivity contribution in [2.75, 3.05) is 26.3 Å². The van der Waals surface area contributed by atoms with E-state index in [0.29, 0.717) is 24.0 Å². The van der Waals surface area contributed by atoms with Crippen LogP contribution in [0.1, 0.15) is 18.4 Å². The molecule has 1 aliphatic rings. The summed E-state index contributed by atoms with van der Waals surface area (Å²) in [5.41, 5.74) is 0.580. The summed E-state index contributed by atoms with van der Waals surface area (Å²) in [5, 5.41) is 12.2. The van der Waals surface area contributed by atoms with Crippen molar-refractivity contribution < 1.29 is 9.47 Å². The van der Waals surface area contributed by atoms with Crippen LogP contribution in [0.5, 0.6) is 5.75 Å². The molecule has 19 heavy (non-hydrogen) atoms. The van der Waals surface area contributed by atoms with Gasteiger partial charge in [-0.2, -0.15) is 5.26 Å². The lowest BCUT2D eigenvalue weighted by Crippen LogP contribution is -2.29. The van der Waals surface area contributed by atoms with Crippen LogP contribution in [-0.2, 0) is 4.74 Å². The number of halogens is 1. The first-order valence-corrected chi connectivity index (χ1v) is 6.34. The summed E-state index contributed by atoms with van der Waals surface area (Å²) in [7, 11) is 0. The Morgan fingerprint density at radius 3 is 3.00 bits per heavy atom. The van der Waals surface area contributed by atoms with Gasteiger partial charge in [-0.15, -0.1) is 12.4 Å². The second-order valence-electron chi connectivity index (χ2n) is 4.30. The van der Waals surface area contributed by atoms with Crippen LogP contribution < -0.4 is 10.1 Å². The molecule has 0 saturated carbocycles. The number of nitriles is 1. The molecule has 5 heteroatoms. The van der Waals surface area contributed by atoms with Gasteiger partial charge in [0.15, 0.2) is 0 Å². The lowest BCUT2D eigenvalue weighted by molar-refractivity contribution is 0.109. The van der Waals surface area contributed by atoms with Gasteiger partial charge in [-0.05, 0) is 25.0 Å². The summed E-state index contributed by atoms with van der Waals surface area (Å²) >= 11 is 0. The Kier molecular flexibility index (Phi) is 7.27. The molecule has 0 aromatic heterocycles. The zero-order valence-corrected chi connectivity index (χ0v) is 11.6. The second-order valence-corrected chi connectivity index (χ2v) is 4.30. The Labute approximate surface area is 120 Å². The highest BCUT2D eigenvalue weighted by molar-refractivity contribution is 5.85. The van der Waals surface area contributed by atoms with E-state index in [4.69, 9.17) is 14.7 Å². The van der Waals surface area contributed by atoms with Crippen LogP contribution in [0.25, 0.3) is 0 Å². The molecule has 1 atom stereocenters. The number of nitrogens with zero attached hydrogens (tertiary/aromatic N) is 1. The average molecular weight is 283 g/mol. The fourth-order valence-corrected chi connectivity index (χ4v) is 1.99. The Morgan fingerprint density at radius 1 is 1.42 bits per heavy atom. The van der Waals surface area contributed by atoms with Gasteiger partial charge in [0.1, 0.15) is 18.4 Å². The van der Waals surface area contributed by atoms with Gasteiger partial charge in [0.25, 0.3) is 0 Å². The van der Waals surface area contributed by atoms with Gasteiger partial charge in [-0.25, -0.2) is 0 Å². The third-order valence-corrected chi connectivity index (χ3v) is 2.94. The number of para-hydroxylation sites is 1. The summed E-state index contributed by atoms with van der Waals surface area (Å²) in [6, 6.07) is 9.40. The summed E-state index contributed by atoms with van der Waals surface area (Å²) in [6.07, 6.45) is 2.67. The third kappa shape index (κ3) is 5.07. The summed E-state index contributed by atoms with van der Waals surface area (Å²) < 4.78 is 11.1. The van der Waals surface area contributed by atoms with Gasteiger partial charge in [0.05, 0.1) is 11.7 Å². The van der Waals surface area contributed by atoms with Crippen LogP contribution in [0.3, 0.4) is 0 Å². The van der Waals surface area contributed by atoms with E-state index in [1.165, 1.54) is 6.42 Å². The molecule has 0 aliphatic carbocycles. The Hall–Kier alpha value is -1.28. The first-order valence-electron chi connectivity index (χ1n) is 6.34. The molecule has 1 unspecified atom stereocenters. The van der Waals surface area contributed by atoms with Crippen LogP contribution >= 0.6 is 12.4 Å². The predicted octanol–water partition coefficient (Wildman–Crippen LogP) is 2.13. The van der Waals surface area contributed by atoms with E-state index in [-0.39, 0.29) is 12.4 Å². The van der Waals surface area contributed by atoms with Crippen LogP contribution in [0.2, 0.25) is 0 Å². The molecule has 1 N–H and O–H groups in total. The van der Waals surface area contributed by atoms with E-state index in [9.17, 15) is 0 Å². The van der Waals surface area contributed by atoms with Crippen LogP contribution in [0.4, 0.5) is 0 Å². The van der Waals surface area contributed by atoms with E-state index in [0.717, 1.165) is 26.1 Å². The summed E-state index contributed by atoms with van der Waals surface area (Å²) in [4.78, 5) is 0. The number of rotatable bonds is 6. The summed E-state index contributed by atoms with van der Waals surface area (Å²) in [6.45, 7) is 3.09. The van der Waals surface area contributed by atoms with Gasteiger partial charge in [0.2, 0.25) is 0 Å². The Balaban J connectivity index is 0.00000180. The fourth-order valence-electron chi connectivity index (χ4n) is 1.99. The van der Waals surface area contributed by atoms with Crippen molar-refractivity contribution in [3.8, 4) is 11.8 Å². The maximum absolute atomic E-state index is 8.90. The molecule has 104 valence electrons. The molecule has 4 nitrogen and oxygen atoms in total. The highest BCUT2D eigenvalue weighted by atomic mass is 35.5. The second kappa shape index (κ2) is 8.76. The zero-order valence-electron chi connectivity index (χ0n) is 10.8. The molecule has 1 heterocycles. The van der Waals surface area contributed by atoms with Crippen molar-refractivity contribution in [3.05, 3.63) is 29.8 Å². The zero-order chi connectivity index (χ0) is 12.6. The van der Waals surface area contributed by atoms with Crippen LogP contribution in [0, 0.1) is 11.3 Å². The average Bonchev–Trinajstić information content (AvgIpc) is 2.92. The minimum Gasteiger partial charge on any atom is -0.491 e. The van der Waals surface area contributed by atoms with E-state index in [2.05, 4.69) is 11.4 Å². The van der Waals surface area contributed by atoms with Gasteiger partial charge in [-0.1, -0.05) is 12.1 Å². The molecule has 0 radical (unpaired) electrons. The molecule has 0 spiro atoms. The van der Waals surface area contributed by atoms with E-state index < -0.39 is 0 Å². The topological polar surface area (TPSA) is 54.3 Å². The molecule has 1 aliphatic heterocycles. The van der Waals surface area contributed by atoms with Gasteiger partial charge >= 0.3 is 0 Å². The van der Waals surface area contributed by atoms with Crippen LogP contribution in [0.15, 0.2) is 24.3 Å². The van der Waals surface area contributed by atoms with Crippen molar-refractivity contribution >= 4 is 12.4 Å². The maximum atomic E-state index is 8.90. The maximum Gasteiger partial charge on any atom is 0.137 e. The molecule has 1 aromatic carbocycles. The molecule has 0 bridgehead atoms. The first-order chi connectivity index (χ1) is 8.90. The molecule has 2 rings (SSSR count). The minimum atomic E-state index is 0. The highest BCUT2D eigenvalue weighted by Gasteiger charge is 2.14. The standard InChI is InChI=1S/C14H18N2O2.ClH/c15-10-12-4-1-2-6-14(12)18-9-7-16-11-13-5-3-8-17-13;/h1-2,4,6,13,16H,3,5,7-9,11H2;1H. The number of nitrogens with one attached hydrogen (secondary N) is 1. The quantitative estimate of drug-likeness (QED) is 0.812. The fraction of sp³-hybridized carbons (Fsp3) is 0.500. The molecule has 1 fully saturated rings. The molecule has 0 amide bonds. The van der Waals surface area contributed by atoms with E-state index >= 15 is 0 Å². The minimum absolute atomic E-state index is 0. The van der Waals surface area contributed by atoms with Crippen molar-refractivity contribution in [1.29, 1.82) is 5.26 Å². The first kappa shape index (κ1) is 15.8. The molecular weight excluding hydrogens is 264 g/mol. The molecular formula is C14H19ClN2O2. The highest BCUT2D eigenvalue weighted by Crippen LogP contribution is 2.16. The third-order valence-electron chi connectivity index (χ3n) is 2.94. The van der Waals surface area contributed by atoms with E-state index in [1.807, 2.05) is 18.2 Å². The molecule has 1 saturated heterocycles. The van der Waals surface area contributed by atoms with Gasteiger partial charge in [0, 0.05) is 19.7 Å². The van der Waals surface area contributed by atoms with Gasteiger partial charge < -0.3 is 14.8 Å². The lowest BCUT2D eigenvalue weighted by atomic mass is 10.2. The van der Waals surface area contributed by atoms with E-state index in [1.54, 1.807) is 6.07 Å². The van der Waals surface area contributed by atoms with Crippen molar-refractivity contribution in [2.24, 2.45) is 0 Å². The van der Waals surface area contributed by atoms with Crippen molar-refractivity contribution in [1.82, 2.24) is 5.32 Å². The predicted molar refractivity (Wildman–Crippen MR) is 75.7 cm³/mol. The van der Waals surface area contributed by atoms with Crippen LogP contribution in [-0.4, -0.2) is 32.4 Å². The van der Waals surface area contributed by atoms with Crippen molar-refractivity contribution in [3.63, 3.8) is 0 Å². The lowest BCUT2D eigenvalue weighted by Gasteiger charge is -2.11. The number of ether oxygens (including phenoxy) is 2. The molecule has 1 aromatic rings. The number of benzene rings is 1. The summed E-state index contributed by atoms with van der Waals surface area (Å²) in [5.74, 6) is 0.652. The number of hydrogen-bond donors (Lipinski definition) is 1. The Bertz CT molecular complexity index is 414. The monoisotopic (exact) mass is 282 g/mol. The SMILES string of the molecule is Cl.N#Cc1ccccc1OCCNCC1CCCO1.